The Bertz CT molecular complexity index is 636. The first-order valence-corrected chi connectivity index (χ1v) is 7.61. The Morgan fingerprint density at radius 3 is 2.77 bits per heavy atom. The minimum absolute atomic E-state index is 0.00308. The largest absolute Gasteiger partial charge is 0.352 e. The van der Waals surface area contributed by atoms with Gasteiger partial charge in [-0.15, -0.1) is 0 Å². The number of hydrogen-bond acceptors (Lipinski definition) is 3. The van der Waals surface area contributed by atoms with Crippen molar-refractivity contribution in [2.75, 3.05) is 13.1 Å². The summed E-state index contributed by atoms with van der Waals surface area (Å²) < 4.78 is 0. The molecule has 2 N–H and O–H groups in total. The van der Waals surface area contributed by atoms with Crippen molar-refractivity contribution in [2.24, 2.45) is 5.92 Å². The van der Waals surface area contributed by atoms with Crippen molar-refractivity contribution < 1.29 is 9.59 Å². The van der Waals surface area contributed by atoms with E-state index < -0.39 is 0 Å². The van der Waals surface area contributed by atoms with E-state index in [1.165, 1.54) is 6.92 Å². The van der Waals surface area contributed by atoms with Gasteiger partial charge in [0.05, 0.1) is 5.92 Å². The molecule has 2 rings (SSSR count). The first-order valence-electron chi connectivity index (χ1n) is 7.61. The van der Waals surface area contributed by atoms with Gasteiger partial charge in [-0.05, 0) is 38.3 Å². The van der Waals surface area contributed by atoms with Crippen LogP contribution in [0.5, 0.6) is 0 Å². The molecule has 0 radical (unpaired) electrons. The second kappa shape index (κ2) is 6.77. The lowest BCUT2D eigenvalue weighted by atomic mass is 9.97. The van der Waals surface area contributed by atoms with Gasteiger partial charge in [0.1, 0.15) is 0 Å². The summed E-state index contributed by atoms with van der Waals surface area (Å²) in [4.78, 5) is 40.1. The number of likely N-dealkylation sites (tertiary alicyclic amines) is 1. The molecular weight excluding hydrogens is 282 g/mol. The highest BCUT2D eigenvalue weighted by Gasteiger charge is 2.26. The van der Waals surface area contributed by atoms with Crippen LogP contribution < -0.4 is 10.9 Å². The first-order chi connectivity index (χ1) is 10.4. The van der Waals surface area contributed by atoms with Gasteiger partial charge in [-0.2, -0.15) is 0 Å². The van der Waals surface area contributed by atoms with Crippen molar-refractivity contribution in [3.05, 3.63) is 33.2 Å². The zero-order valence-electron chi connectivity index (χ0n) is 13.4. The van der Waals surface area contributed by atoms with Crippen LogP contribution in [0.1, 0.15) is 36.6 Å². The Morgan fingerprint density at radius 1 is 1.41 bits per heavy atom. The van der Waals surface area contributed by atoms with E-state index in [9.17, 15) is 14.4 Å². The SMILES string of the molecule is CC(=O)N1CCC[C@@H](C(=O)NCc2c(C)cc(C)[nH]c2=O)C1. The molecule has 1 aromatic heterocycles. The highest BCUT2D eigenvalue weighted by Crippen LogP contribution is 2.17. The Kier molecular flexibility index (Phi) is 5.00. The summed E-state index contributed by atoms with van der Waals surface area (Å²) in [7, 11) is 0. The molecule has 1 fully saturated rings. The lowest BCUT2D eigenvalue weighted by Gasteiger charge is -2.31. The third-order valence-electron chi connectivity index (χ3n) is 4.17. The molecule has 1 aromatic rings. The Balaban J connectivity index is 1.98. The maximum Gasteiger partial charge on any atom is 0.253 e. The van der Waals surface area contributed by atoms with E-state index in [-0.39, 0.29) is 29.8 Å². The number of hydrogen-bond donors (Lipinski definition) is 2. The number of pyridine rings is 1. The van der Waals surface area contributed by atoms with Crippen LogP contribution in [0.4, 0.5) is 0 Å². The molecule has 0 bridgehead atoms. The summed E-state index contributed by atoms with van der Waals surface area (Å²) in [5.41, 5.74) is 2.10. The summed E-state index contributed by atoms with van der Waals surface area (Å²) in [5.74, 6) is -0.281. The van der Waals surface area contributed by atoms with Gasteiger partial charge in [-0.3, -0.25) is 14.4 Å². The minimum atomic E-state index is -0.192. The van der Waals surface area contributed by atoms with Crippen molar-refractivity contribution in [1.82, 2.24) is 15.2 Å². The number of amides is 2. The first kappa shape index (κ1) is 16.3. The van der Waals surface area contributed by atoms with Crippen molar-refractivity contribution >= 4 is 11.8 Å². The van der Waals surface area contributed by atoms with Gasteiger partial charge in [0.15, 0.2) is 0 Å². The zero-order valence-corrected chi connectivity index (χ0v) is 13.4. The van der Waals surface area contributed by atoms with Crippen LogP contribution >= 0.6 is 0 Å². The monoisotopic (exact) mass is 305 g/mol. The molecule has 2 amide bonds. The van der Waals surface area contributed by atoms with E-state index in [1.807, 2.05) is 19.9 Å². The van der Waals surface area contributed by atoms with Crippen LogP contribution in [0, 0.1) is 19.8 Å². The Labute approximate surface area is 129 Å². The fourth-order valence-corrected chi connectivity index (χ4v) is 2.90. The molecular formula is C16H23N3O3. The number of H-pyrrole nitrogens is 1. The number of carbonyl (C=O) groups excluding carboxylic acids is 2. The van der Waals surface area contributed by atoms with Crippen LogP contribution in [-0.2, 0) is 16.1 Å². The molecule has 0 unspecified atom stereocenters. The Hall–Kier alpha value is -2.11. The van der Waals surface area contributed by atoms with Crippen LogP contribution in [0.25, 0.3) is 0 Å². The second-order valence-corrected chi connectivity index (χ2v) is 5.97. The van der Waals surface area contributed by atoms with Crippen LogP contribution in [0.15, 0.2) is 10.9 Å². The molecule has 120 valence electrons. The highest BCUT2D eigenvalue weighted by atomic mass is 16.2. The number of nitrogens with zero attached hydrogens (tertiary/aromatic N) is 1. The predicted molar refractivity (Wildman–Crippen MR) is 83.4 cm³/mol. The molecule has 1 aliphatic heterocycles. The van der Waals surface area contributed by atoms with Crippen LogP contribution in [0.3, 0.4) is 0 Å². The molecule has 6 nitrogen and oxygen atoms in total. The molecule has 22 heavy (non-hydrogen) atoms. The summed E-state index contributed by atoms with van der Waals surface area (Å²) in [6.07, 6.45) is 1.61. The van der Waals surface area contributed by atoms with Gasteiger partial charge in [0.25, 0.3) is 5.56 Å². The molecule has 1 atom stereocenters. The molecule has 0 spiro atoms. The van der Waals surface area contributed by atoms with Crippen LogP contribution in [0.2, 0.25) is 0 Å². The van der Waals surface area contributed by atoms with Gasteiger partial charge in [0, 0.05) is 37.8 Å². The smallest absolute Gasteiger partial charge is 0.253 e. The molecule has 1 saturated heterocycles. The summed E-state index contributed by atoms with van der Waals surface area (Å²) in [6.45, 7) is 6.61. The zero-order chi connectivity index (χ0) is 16.3. The van der Waals surface area contributed by atoms with Crippen molar-refractivity contribution in [2.45, 2.75) is 40.2 Å². The van der Waals surface area contributed by atoms with Crippen molar-refractivity contribution in [1.29, 1.82) is 0 Å². The summed E-state index contributed by atoms with van der Waals surface area (Å²) >= 11 is 0. The fourth-order valence-electron chi connectivity index (χ4n) is 2.90. The fraction of sp³-hybridized carbons (Fsp3) is 0.562. The lowest BCUT2D eigenvalue weighted by molar-refractivity contribution is -0.134. The van der Waals surface area contributed by atoms with E-state index in [1.54, 1.807) is 4.90 Å². The van der Waals surface area contributed by atoms with Gasteiger partial charge < -0.3 is 15.2 Å². The van der Waals surface area contributed by atoms with Gasteiger partial charge >= 0.3 is 0 Å². The van der Waals surface area contributed by atoms with Crippen molar-refractivity contribution in [3.63, 3.8) is 0 Å². The molecule has 6 heteroatoms. The summed E-state index contributed by atoms with van der Waals surface area (Å²) in [5, 5.41) is 2.83. The molecule has 2 heterocycles. The molecule has 0 aromatic carbocycles. The van der Waals surface area contributed by atoms with E-state index >= 15 is 0 Å². The van der Waals surface area contributed by atoms with Crippen LogP contribution in [-0.4, -0.2) is 34.8 Å². The van der Waals surface area contributed by atoms with Gasteiger partial charge in [-0.1, -0.05) is 0 Å². The lowest BCUT2D eigenvalue weighted by Crippen LogP contribution is -2.44. The quantitative estimate of drug-likeness (QED) is 0.869. The number of aromatic amines is 1. The van der Waals surface area contributed by atoms with Crippen molar-refractivity contribution in [3.8, 4) is 0 Å². The van der Waals surface area contributed by atoms with E-state index in [4.69, 9.17) is 0 Å². The topological polar surface area (TPSA) is 82.3 Å². The third kappa shape index (κ3) is 3.75. The Morgan fingerprint density at radius 2 is 2.14 bits per heavy atom. The number of aromatic nitrogens is 1. The third-order valence-corrected chi connectivity index (χ3v) is 4.17. The highest BCUT2D eigenvalue weighted by molar-refractivity contribution is 5.80. The van der Waals surface area contributed by atoms with Gasteiger partial charge in [-0.25, -0.2) is 0 Å². The average Bonchev–Trinajstić information content (AvgIpc) is 2.46. The molecule has 0 saturated carbocycles. The van der Waals surface area contributed by atoms with Gasteiger partial charge in [0.2, 0.25) is 11.8 Å². The minimum Gasteiger partial charge on any atom is -0.352 e. The maximum absolute atomic E-state index is 12.3. The van der Waals surface area contributed by atoms with E-state index in [0.29, 0.717) is 12.1 Å². The number of aryl methyl sites for hydroxylation is 2. The average molecular weight is 305 g/mol. The second-order valence-electron chi connectivity index (χ2n) is 5.97. The number of nitrogens with one attached hydrogen (secondary N) is 2. The molecule has 1 aliphatic rings. The predicted octanol–water partition coefficient (Wildman–Crippen LogP) is 0.866. The van der Waals surface area contributed by atoms with E-state index in [0.717, 1.165) is 30.6 Å². The maximum atomic E-state index is 12.3. The number of piperidine rings is 1. The summed E-state index contributed by atoms with van der Waals surface area (Å²) in [6, 6.07) is 1.89. The standard InChI is InChI=1S/C16H23N3O3/c1-10-7-11(2)18-16(22)14(10)8-17-15(21)13-5-4-6-19(9-13)12(3)20/h7,13H,4-6,8-9H2,1-3H3,(H,17,21)(H,18,22)/t13-/m1/s1. The normalized spacial score (nSPS) is 18.1. The number of carbonyl (C=O) groups is 2. The van der Waals surface area contributed by atoms with E-state index in [2.05, 4.69) is 10.3 Å². The molecule has 0 aliphatic carbocycles. The number of rotatable bonds is 3.